The van der Waals surface area contributed by atoms with Crippen molar-refractivity contribution in [3.05, 3.63) is 11.1 Å². The molecular weight excluding hydrogens is 406 g/mol. The number of hydrogen-bond acceptors (Lipinski definition) is 8. The van der Waals surface area contributed by atoms with Gasteiger partial charge >= 0.3 is 0 Å². The molecule has 2 atom stereocenters. The van der Waals surface area contributed by atoms with Crippen LogP contribution in [0, 0.1) is 0 Å². The van der Waals surface area contributed by atoms with Crippen molar-refractivity contribution in [3.63, 3.8) is 0 Å². The van der Waals surface area contributed by atoms with E-state index >= 15 is 0 Å². The van der Waals surface area contributed by atoms with Crippen LogP contribution >= 0.6 is 11.6 Å². The Labute approximate surface area is 181 Å². The predicted molar refractivity (Wildman–Crippen MR) is 115 cm³/mol. The highest BCUT2D eigenvalue weighted by Gasteiger charge is 2.48. The van der Waals surface area contributed by atoms with E-state index in [2.05, 4.69) is 38.5 Å². The molecule has 0 radical (unpaired) electrons. The molecule has 3 aliphatic heterocycles. The Bertz CT molecular complexity index is 943. The molecule has 5 heterocycles. The van der Waals surface area contributed by atoms with Gasteiger partial charge in [-0.05, 0) is 31.9 Å². The van der Waals surface area contributed by atoms with E-state index in [1.54, 1.807) is 0 Å². The molecule has 0 saturated carbocycles. The van der Waals surface area contributed by atoms with Gasteiger partial charge in [-0.1, -0.05) is 0 Å². The van der Waals surface area contributed by atoms with E-state index in [0.717, 1.165) is 62.0 Å². The van der Waals surface area contributed by atoms with Gasteiger partial charge in [0.2, 0.25) is 5.28 Å². The molecule has 2 bridgehead atoms. The van der Waals surface area contributed by atoms with E-state index in [0.29, 0.717) is 25.3 Å². The number of piperazine rings is 1. The highest BCUT2D eigenvalue weighted by Crippen LogP contribution is 2.36. The summed E-state index contributed by atoms with van der Waals surface area (Å²) in [5, 5.41) is 10.0. The van der Waals surface area contributed by atoms with Gasteiger partial charge in [0.25, 0.3) is 0 Å². The van der Waals surface area contributed by atoms with Gasteiger partial charge in [-0.15, -0.1) is 0 Å². The second-order valence-corrected chi connectivity index (χ2v) is 9.61. The number of nitrogens with zero attached hydrogens (tertiary/aromatic N) is 7. The molecule has 0 aliphatic carbocycles. The van der Waals surface area contributed by atoms with Crippen LogP contribution in [-0.4, -0.2) is 98.0 Å². The summed E-state index contributed by atoms with van der Waals surface area (Å²) >= 11 is 6.26. The van der Waals surface area contributed by atoms with Crippen LogP contribution < -0.4 is 4.90 Å². The molecule has 2 aromatic heterocycles. The minimum Gasteiger partial charge on any atom is -0.394 e. The van der Waals surface area contributed by atoms with Gasteiger partial charge in [0.05, 0.1) is 26.4 Å². The van der Waals surface area contributed by atoms with Crippen molar-refractivity contribution in [1.82, 2.24) is 29.3 Å². The number of aromatic nitrogens is 4. The van der Waals surface area contributed by atoms with Gasteiger partial charge in [-0.25, -0.2) is 4.98 Å². The first-order valence-corrected chi connectivity index (χ1v) is 11.1. The number of aliphatic hydroxyl groups excluding tert-OH is 1. The molecule has 30 heavy (non-hydrogen) atoms. The summed E-state index contributed by atoms with van der Waals surface area (Å²) in [6.07, 6.45) is 1.15. The molecule has 9 nitrogen and oxygen atoms in total. The fraction of sp³-hybridized carbons (Fsp3) is 0.750. The number of anilines is 1. The Balaban J connectivity index is 1.39. The van der Waals surface area contributed by atoms with E-state index in [1.165, 1.54) is 0 Å². The minimum absolute atomic E-state index is 0.164. The van der Waals surface area contributed by atoms with E-state index in [-0.39, 0.29) is 17.4 Å². The van der Waals surface area contributed by atoms with Crippen LogP contribution in [0.15, 0.2) is 0 Å². The monoisotopic (exact) mass is 435 g/mol. The quantitative estimate of drug-likeness (QED) is 0.693. The highest BCUT2D eigenvalue weighted by molar-refractivity contribution is 6.28. The van der Waals surface area contributed by atoms with Crippen LogP contribution in [-0.2, 0) is 18.3 Å². The third-order valence-corrected chi connectivity index (χ3v) is 7.11. The van der Waals surface area contributed by atoms with Crippen molar-refractivity contribution in [2.75, 3.05) is 50.9 Å². The molecule has 10 heteroatoms. The van der Waals surface area contributed by atoms with Crippen molar-refractivity contribution in [2.45, 2.75) is 44.4 Å². The van der Waals surface area contributed by atoms with Gasteiger partial charge in [-0.3, -0.25) is 9.80 Å². The van der Waals surface area contributed by atoms with Crippen LogP contribution in [0.25, 0.3) is 11.2 Å². The molecule has 5 rings (SSSR count). The molecule has 2 aromatic rings. The van der Waals surface area contributed by atoms with E-state index in [9.17, 15) is 5.11 Å². The SMILES string of the molecule is Cn1c(CN2C[C@@H]3C[C@H]2CN3C(C)(C)CO)nc2c(N3CCOCC3)nc(Cl)nc21. The first-order valence-electron chi connectivity index (χ1n) is 10.7. The number of hydrogen-bond donors (Lipinski definition) is 1. The zero-order valence-electron chi connectivity index (χ0n) is 17.9. The fourth-order valence-electron chi connectivity index (χ4n) is 5.16. The Morgan fingerprint density at radius 3 is 2.57 bits per heavy atom. The Kier molecular flexibility index (Phi) is 5.14. The first-order chi connectivity index (χ1) is 14.4. The number of ether oxygens (including phenoxy) is 1. The molecule has 3 aliphatic rings. The number of aryl methyl sites for hydroxylation is 1. The van der Waals surface area contributed by atoms with E-state index in [4.69, 9.17) is 21.3 Å². The number of likely N-dealkylation sites (tertiary alicyclic amines) is 2. The van der Waals surface area contributed by atoms with Crippen molar-refractivity contribution >= 4 is 28.6 Å². The van der Waals surface area contributed by atoms with Gasteiger partial charge in [0.15, 0.2) is 17.0 Å². The second kappa shape index (κ2) is 7.56. The lowest BCUT2D eigenvalue weighted by atomic mass is 10.0. The van der Waals surface area contributed by atoms with Crippen molar-refractivity contribution in [1.29, 1.82) is 0 Å². The Morgan fingerprint density at radius 2 is 1.90 bits per heavy atom. The lowest BCUT2D eigenvalue weighted by Gasteiger charge is -2.42. The van der Waals surface area contributed by atoms with Crippen molar-refractivity contribution < 1.29 is 9.84 Å². The highest BCUT2D eigenvalue weighted by atomic mass is 35.5. The lowest BCUT2D eigenvalue weighted by molar-refractivity contribution is 0.00964. The average Bonchev–Trinajstić information content (AvgIpc) is 3.43. The molecule has 0 aromatic carbocycles. The largest absolute Gasteiger partial charge is 0.394 e. The fourth-order valence-corrected chi connectivity index (χ4v) is 5.32. The summed E-state index contributed by atoms with van der Waals surface area (Å²) in [6, 6.07) is 0.985. The molecule has 3 saturated heterocycles. The molecule has 1 N–H and O–H groups in total. The van der Waals surface area contributed by atoms with Crippen LogP contribution in [0.4, 0.5) is 5.82 Å². The second-order valence-electron chi connectivity index (χ2n) is 9.27. The third kappa shape index (κ3) is 3.36. The molecule has 0 amide bonds. The standard InChI is InChI=1S/C20H30ClN7O2/c1-20(2,12-29)28-10-13-8-14(28)9-27(13)11-15-22-16-17(25(15)3)23-19(21)24-18(16)26-4-6-30-7-5-26/h13-14,29H,4-12H2,1-3H3/t13-,14-/m0/s1. The number of halogens is 1. The van der Waals surface area contributed by atoms with Crippen LogP contribution in [0.2, 0.25) is 5.28 Å². The topological polar surface area (TPSA) is 82.8 Å². The van der Waals surface area contributed by atoms with Crippen molar-refractivity contribution in [3.8, 4) is 0 Å². The van der Waals surface area contributed by atoms with Crippen LogP contribution in [0.1, 0.15) is 26.1 Å². The maximum Gasteiger partial charge on any atom is 0.226 e. The minimum atomic E-state index is -0.164. The molecule has 164 valence electrons. The first kappa shape index (κ1) is 20.4. The maximum absolute atomic E-state index is 9.75. The molecule has 3 fully saturated rings. The number of rotatable bonds is 5. The summed E-state index contributed by atoms with van der Waals surface area (Å²) < 4.78 is 7.53. The van der Waals surface area contributed by atoms with Crippen LogP contribution in [0.5, 0.6) is 0 Å². The normalized spacial score (nSPS) is 25.7. The van der Waals surface area contributed by atoms with Crippen molar-refractivity contribution in [2.24, 2.45) is 7.05 Å². The summed E-state index contributed by atoms with van der Waals surface area (Å²) in [6.45, 7) is 10.1. The summed E-state index contributed by atoms with van der Waals surface area (Å²) in [7, 11) is 2.01. The molecule has 0 unspecified atom stereocenters. The number of morpholine rings is 1. The summed E-state index contributed by atoms with van der Waals surface area (Å²) in [5.74, 6) is 1.78. The van der Waals surface area contributed by atoms with Gasteiger partial charge < -0.3 is 19.3 Å². The molecular formula is C20H30ClN7O2. The number of fused-ring (bicyclic) bond motifs is 3. The van der Waals surface area contributed by atoms with Gasteiger partial charge in [-0.2, -0.15) is 9.97 Å². The maximum atomic E-state index is 9.75. The molecule has 0 spiro atoms. The number of imidazole rings is 1. The Hall–Kier alpha value is -1.52. The van der Waals surface area contributed by atoms with Gasteiger partial charge in [0.1, 0.15) is 5.82 Å². The van der Waals surface area contributed by atoms with E-state index in [1.807, 2.05) is 11.6 Å². The number of aliphatic hydroxyl groups is 1. The van der Waals surface area contributed by atoms with Gasteiger partial charge in [0, 0.05) is 50.8 Å². The third-order valence-electron chi connectivity index (χ3n) is 6.94. The lowest BCUT2D eigenvalue weighted by Crippen LogP contribution is -2.56. The Morgan fingerprint density at radius 1 is 1.13 bits per heavy atom. The van der Waals surface area contributed by atoms with E-state index < -0.39 is 0 Å². The van der Waals surface area contributed by atoms with Crippen LogP contribution in [0.3, 0.4) is 0 Å². The smallest absolute Gasteiger partial charge is 0.226 e. The summed E-state index contributed by atoms with van der Waals surface area (Å²) in [4.78, 5) is 21.1. The predicted octanol–water partition coefficient (Wildman–Crippen LogP) is 0.883. The zero-order valence-corrected chi connectivity index (χ0v) is 18.6. The zero-order chi connectivity index (χ0) is 21.0. The summed E-state index contributed by atoms with van der Waals surface area (Å²) in [5.41, 5.74) is 1.42. The average molecular weight is 436 g/mol.